The van der Waals surface area contributed by atoms with Gasteiger partial charge in [-0.2, -0.15) is 0 Å². The van der Waals surface area contributed by atoms with Gasteiger partial charge in [-0.05, 0) is 49.9 Å². The van der Waals surface area contributed by atoms with Crippen molar-refractivity contribution in [1.29, 1.82) is 0 Å². The molecule has 0 aliphatic heterocycles. The molecule has 3 heteroatoms. The molecule has 18 heavy (non-hydrogen) atoms. The zero-order valence-corrected chi connectivity index (χ0v) is 11.2. The zero-order chi connectivity index (χ0) is 13.1. The van der Waals surface area contributed by atoms with E-state index >= 15 is 0 Å². The maximum atomic E-state index is 11.5. The molecule has 0 bridgehead atoms. The number of esters is 1. The quantitative estimate of drug-likeness (QED) is 0.618. The number of carbonyl (C=O) groups is 1. The summed E-state index contributed by atoms with van der Waals surface area (Å²) < 4.78 is 5.35. The number of aliphatic hydroxyl groups excluding tert-OH is 1. The second-order valence-electron chi connectivity index (χ2n) is 5.92. The molecule has 0 saturated heterocycles. The summed E-state index contributed by atoms with van der Waals surface area (Å²) in [5.74, 6) is 2.21. The Bertz CT molecular complexity index is 316. The molecule has 2 atom stereocenters. The van der Waals surface area contributed by atoms with Gasteiger partial charge in [0.1, 0.15) is 6.10 Å². The van der Waals surface area contributed by atoms with Crippen LogP contribution < -0.4 is 0 Å². The van der Waals surface area contributed by atoms with Gasteiger partial charge in [-0.3, -0.25) is 0 Å². The van der Waals surface area contributed by atoms with E-state index in [1.54, 1.807) is 0 Å². The van der Waals surface area contributed by atoms with Crippen LogP contribution in [0.25, 0.3) is 0 Å². The topological polar surface area (TPSA) is 46.5 Å². The average Bonchev–Trinajstić information content (AvgIpc) is 2.38. The fourth-order valence-corrected chi connectivity index (χ4v) is 3.33. The second-order valence-corrected chi connectivity index (χ2v) is 5.92. The molecular formula is C15H24O3. The minimum atomic E-state index is -0.432. The Balaban J connectivity index is 1.73. The first-order valence-corrected chi connectivity index (χ1v) is 7.11. The lowest BCUT2D eigenvalue weighted by Gasteiger charge is -2.43. The van der Waals surface area contributed by atoms with Crippen molar-refractivity contribution in [3.05, 3.63) is 12.2 Å². The van der Waals surface area contributed by atoms with Gasteiger partial charge in [0.15, 0.2) is 0 Å². The molecule has 0 heterocycles. The van der Waals surface area contributed by atoms with E-state index < -0.39 is 5.97 Å². The predicted molar refractivity (Wildman–Crippen MR) is 70.0 cm³/mol. The first-order chi connectivity index (χ1) is 8.61. The number of carbonyl (C=O) groups excluding carboxylic acids is 1. The van der Waals surface area contributed by atoms with Crippen LogP contribution in [0.1, 0.15) is 45.4 Å². The Morgan fingerprint density at radius 2 is 1.89 bits per heavy atom. The number of rotatable bonds is 4. The van der Waals surface area contributed by atoms with Gasteiger partial charge in [0, 0.05) is 0 Å². The average molecular weight is 252 g/mol. The van der Waals surface area contributed by atoms with Crippen molar-refractivity contribution in [2.24, 2.45) is 17.8 Å². The first-order valence-electron chi connectivity index (χ1n) is 7.11. The summed E-state index contributed by atoms with van der Waals surface area (Å²) in [6, 6.07) is 0. The van der Waals surface area contributed by atoms with Gasteiger partial charge in [-0.15, -0.1) is 0 Å². The van der Waals surface area contributed by atoms with Crippen molar-refractivity contribution in [2.75, 3.05) is 6.61 Å². The maximum absolute atomic E-state index is 11.5. The summed E-state index contributed by atoms with van der Waals surface area (Å²) >= 11 is 0. The van der Waals surface area contributed by atoms with Crippen LogP contribution >= 0.6 is 0 Å². The minimum Gasteiger partial charge on any atom is -0.459 e. The van der Waals surface area contributed by atoms with Crippen molar-refractivity contribution < 1.29 is 14.6 Å². The number of hydrogen-bond donors (Lipinski definition) is 1. The monoisotopic (exact) mass is 252 g/mol. The third kappa shape index (κ3) is 2.94. The molecule has 3 nitrogen and oxygen atoms in total. The smallest absolute Gasteiger partial charge is 0.336 e. The first kappa shape index (κ1) is 13.6. The van der Waals surface area contributed by atoms with Crippen molar-refractivity contribution in [2.45, 2.75) is 51.6 Å². The molecular weight excluding hydrogens is 228 g/mol. The molecule has 0 amide bonds. The molecule has 102 valence electrons. The molecule has 2 aliphatic rings. The summed E-state index contributed by atoms with van der Waals surface area (Å²) in [6.07, 6.45) is 7.11. The Labute approximate surface area is 109 Å². The highest BCUT2D eigenvalue weighted by molar-refractivity contribution is 5.88. The standard InChI is InChI=1S/C15H24O3/c1-10-3-8-14(10)12-4-6-13(7-5-12)18-15(17)11(2)9-16/h10,12-14,16H,2-9H2,1H3. The van der Waals surface area contributed by atoms with Crippen LogP contribution in [0.2, 0.25) is 0 Å². The minimum absolute atomic E-state index is 0.0347. The Morgan fingerprint density at radius 1 is 1.22 bits per heavy atom. The molecule has 2 fully saturated rings. The maximum Gasteiger partial charge on any atom is 0.336 e. The number of aliphatic hydroxyl groups is 1. The van der Waals surface area contributed by atoms with Crippen LogP contribution in [-0.4, -0.2) is 23.8 Å². The molecule has 1 N–H and O–H groups in total. The van der Waals surface area contributed by atoms with Gasteiger partial charge >= 0.3 is 5.97 Å². The van der Waals surface area contributed by atoms with Crippen molar-refractivity contribution in [3.8, 4) is 0 Å². The van der Waals surface area contributed by atoms with Gasteiger partial charge in [-0.25, -0.2) is 4.79 Å². The van der Waals surface area contributed by atoms with E-state index in [1.165, 1.54) is 25.7 Å². The van der Waals surface area contributed by atoms with Gasteiger partial charge in [0.25, 0.3) is 0 Å². The Hall–Kier alpha value is -0.830. The molecule has 2 unspecified atom stereocenters. The SMILES string of the molecule is C=C(CO)C(=O)OC1CCC(C2CCC2C)CC1. The van der Waals surface area contributed by atoms with Crippen LogP contribution in [-0.2, 0) is 9.53 Å². The predicted octanol–water partition coefficient (Wildman–Crippen LogP) is 2.68. The summed E-state index contributed by atoms with van der Waals surface area (Å²) in [4.78, 5) is 11.5. The zero-order valence-electron chi connectivity index (χ0n) is 11.2. The molecule has 2 aliphatic carbocycles. The van der Waals surface area contributed by atoms with Crippen molar-refractivity contribution >= 4 is 5.97 Å². The van der Waals surface area contributed by atoms with E-state index in [1.807, 2.05) is 0 Å². The number of hydrogen-bond acceptors (Lipinski definition) is 3. The van der Waals surface area contributed by atoms with E-state index in [2.05, 4.69) is 13.5 Å². The van der Waals surface area contributed by atoms with E-state index in [9.17, 15) is 4.79 Å². The van der Waals surface area contributed by atoms with E-state index in [4.69, 9.17) is 9.84 Å². The second kappa shape index (κ2) is 5.87. The van der Waals surface area contributed by atoms with Gasteiger partial charge in [0.05, 0.1) is 12.2 Å². The van der Waals surface area contributed by atoms with E-state index in [0.29, 0.717) is 0 Å². The molecule has 2 rings (SSSR count). The lowest BCUT2D eigenvalue weighted by molar-refractivity contribution is -0.147. The van der Waals surface area contributed by atoms with Crippen LogP contribution in [0.15, 0.2) is 12.2 Å². The van der Waals surface area contributed by atoms with Crippen molar-refractivity contribution in [1.82, 2.24) is 0 Å². The van der Waals surface area contributed by atoms with Crippen molar-refractivity contribution in [3.63, 3.8) is 0 Å². The third-order valence-corrected chi connectivity index (χ3v) is 4.76. The summed E-state index contributed by atoms with van der Waals surface area (Å²) in [5, 5.41) is 8.82. The molecule has 0 radical (unpaired) electrons. The summed E-state index contributed by atoms with van der Waals surface area (Å²) in [6.45, 7) is 5.53. The Kier molecular flexibility index (Phi) is 4.44. The fraction of sp³-hybridized carbons (Fsp3) is 0.800. The molecule has 0 aromatic heterocycles. The summed E-state index contributed by atoms with van der Waals surface area (Å²) in [7, 11) is 0. The molecule has 0 spiro atoms. The highest BCUT2D eigenvalue weighted by Crippen LogP contribution is 2.45. The lowest BCUT2D eigenvalue weighted by Crippen LogP contribution is -2.35. The Morgan fingerprint density at radius 3 is 2.33 bits per heavy atom. The van der Waals surface area contributed by atoms with E-state index in [0.717, 1.165) is 30.6 Å². The van der Waals surface area contributed by atoms with Crippen LogP contribution in [0, 0.1) is 17.8 Å². The highest BCUT2D eigenvalue weighted by Gasteiger charge is 2.36. The van der Waals surface area contributed by atoms with Gasteiger partial charge < -0.3 is 9.84 Å². The number of ether oxygens (including phenoxy) is 1. The summed E-state index contributed by atoms with van der Waals surface area (Å²) in [5.41, 5.74) is 0.157. The molecule has 0 aromatic carbocycles. The third-order valence-electron chi connectivity index (χ3n) is 4.76. The fourth-order valence-electron chi connectivity index (χ4n) is 3.33. The van der Waals surface area contributed by atoms with Crippen LogP contribution in [0.5, 0.6) is 0 Å². The van der Waals surface area contributed by atoms with E-state index in [-0.39, 0.29) is 18.3 Å². The van der Waals surface area contributed by atoms with Crippen LogP contribution in [0.4, 0.5) is 0 Å². The molecule has 2 saturated carbocycles. The van der Waals surface area contributed by atoms with Gasteiger partial charge in [0.2, 0.25) is 0 Å². The van der Waals surface area contributed by atoms with Crippen LogP contribution in [0.3, 0.4) is 0 Å². The molecule has 0 aromatic rings. The highest BCUT2D eigenvalue weighted by atomic mass is 16.5. The van der Waals surface area contributed by atoms with Gasteiger partial charge in [-0.1, -0.05) is 19.9 Å². The largest absolute Gasteiger partial charge is 0.459 e. The lowest BCUT2D eigenvalue weighted by atomic mass is 9.64. The normalized spacial score (nSPS) is 35.7.